The van der Waals surface area contributed by atoms with E-state index in [1.54, 1.807) is 4.57 Å². The van der Waals surface area contributed by atoms with E-state index in [0.29, 0.717) is 11.2 Å². The van der Waals surface area contributed by atoms with Crippen LogP contribution in [0.5, 0.6) is 0 Å². The van der Waals surface area contributed by atoms with Crippen molar-refractivity contribution >= 4 is 35.4 Å². The number of hydrogen-bond donors (Lipinski definition) is 3. The number of anilines is 1. The number of aromatic nitrogens is 4. The molecule has 0 fully saturated rings. The van der Waals surface area contributed by atoms with Crippen LogP contribution in [0.25, 0.3) is 11.2 Å². The minimum absolute atomic E-state index is 0.0977. The molecule has 2 aromatic rings. The van der Waals surface area contributed by atoms with Crippen LogP contribution in [0.3, 0.4) is 0 Å². The molecule has 11 heteroatoms. The number of fused-ring (bicyclic) bond motifs is 1. The lowest BCUT2D eigenvalue weighted by Gasteiger charge is -2.05. The molecule has 0 saturated carbocycles. The van der Waals surface area contributed by atoms with Crippen LogP contribution in [-0.2, 0) is 21.9 Å². The van der Waals surface area contributed by atoms with E-state index in [9.17, 15) is 8.77 Å². The maximum absolute atomic E-state index is 11.5. The fourth-order valence-electron chi connectivity index (χ4n) is 1.51. The second-order valence-corrected chi connectivity index (χ2v) is 7.46. The fourth-order valence-corrected chi connectivity index (χ4v) is 3.93. The van der Waals surface area contributed by atoms with E-state index >= 15 is 0 Å². The van der Waals surface area contributed by atoms with Crippen LogP contribution < -0.4 is 5.73 Å². The van der Waals surface area contributed by atoms with Gasteiger partial charge >= 0.3 is 7.60 Å². The highest BCUT2D eigenvalue weighted by molar-refractivity contribution is 7.92. The Morgan fingerprint density at radius 2 is 2.11 bits per heavy atom. The largest absolute Gasteiger partial charge is 0.382 e. The molecule has 2 heterocycles. The van der Waals surface area contributed by atoms with E-state index in [2.05, 4.69) is 15.0 Å². The van der Waals surface area contributed by atoms with Gasteiger partial charge in [-0.25, -0.2) is 15.0 Å². The lowest BCUT2D eigenvalue weighted by molar-refractivity contribution is 0.379. The van der Waals surface area contributed by atoms with E-state index in [0.717, 1.165) is 0 Å². The Kier molecular flexibility index (Phi) is 3.95. The maximum atomic E-state index is 11.5. The van der Waals surface area contributed by atoms with Gasteiger partial charge in [-0.15, -0.1) is 0 Å². The van der Waals surface area contributed by atoms with Gasteiger partial charge in [0.05, 0.1) is 6.33 Å². The summed E-state index contributed by atoms with van der Waals surface area (Å²) in [5.74, 6) is 0.348. The van der Waals surface area contributed by atoms with Gasteiger partial charge in [0.25, 0.3) is 0 Å². The molecule has 0 amide bonds. The minimum atomic E-state index is -4.25. The monoisotopic (exact) mass is 305 g/mol. The van der Waals surface area contributed by atoms with Crippen LogP contribution in [0, 0.1) is 0 Å². The van der Waals surface area contributed by atoms with Crippen molar-refractivity contribution in [1.29, 1.82) is 0 Å². The molecule has 0 aliphatic carbocycles. The normalized spacial score (nSPS) is 13.8. The predicted molar refractivity (Wildman–Crippen MR) is 69.7 cm³/mol. The Labute approximate surface area is 110 Å². The minimum Gasteiger partial charge on any atom is -0.382 e. The van der Waals surface area contributed by atoms with Gasteiger partial charge in [0.1, 0.15) is 17.3 Å². The van der Waals surface area contributed by atoms with Crippen LogP contribution in [0.4, 0.5) is 5.82 Å². The number of nitrogen functional groups attached to an aromatic ring is 1. The number of rotatable bonds is 5. The van der Waals surface area contributed by atoms with Gasteiger partial charge < -0.3 is 20.1 Å². The molecule has 19 heavy (non-hydrogen) atoms. The molecule has 1 atom stereocenters. The third kappa shape index (κ3) is 3.57. The number of nitrogens with two attached hydrogens (primary N) is 1. The van der Waals surface area contributed by atoms with Crippen molar-refractivity contribution in [3.8, 4) is 0 Å². The number of aryl methyl sites for hydroxylation is 1. The van der Waals surface area contributed by atoms with Crippen LogP contribution >= 0.6 is 7.60 Å². The number of nitrogens with zero attached hydrogens (tertiary/aromatic N) is 4. The molecule has 0 aromatic carbocycles. The molecule has 2 aromatic heterocycles. The van der Waals surface area contributed by atoms with Crippen molar-refractivity contribution < 1.29 is 18.6 Å². The molecule has 0 radical (unpaired) electrons. The summed E-state index contributed by atoms with van der Waals surface area (Å²) in [6.07, 6.45) is 2.77. The molecule has 4 N–H and O–H groups in total. The molecular weight excluding hydrogens is 293 g/mol. The van der Waals surface area contributed by atoms with Crippen molar-refractivity contribution in [2.24, 2.45) is 0 Å². The first-order valence-electron chi connectivity index (χ1n) is 5.17. The lowest BCUT2D eigenvalue weighted by Crippen LogP contribution is -2.10. The van der Waals surface area contributed by atoms with Crippen molar-refractivity contribution in [3.05, 3.63) is 12.7 Å². The predicted octanol–water partition coefficient (Wildman–Crippen LogP) is -0.708. The van der Waals surface area contributed by atoms with Gasteiger partial charge in [0.2, 0.25) is 0 Å². The van der Waals surface area contributed by atoms with Crippen molar-refractivity contribution in [2.45, 2.75) is 6.54 Å². The molecule has 0 aliphatic rings. The summed E-state index contributed by atoms with van der Waals surface area (Å²) in [6, 6.07) is 0. The summed E-state index contributed by atoms with van der Waals surface area (Å²) in [4.78, 5) is 29.3. The Morgan fingerprint density at radius 3 is 2.79 bits per heavy atom. The highest BCUT2D eigenvalue weighted by Gasteiger charge is 2.18. The van der Waals surface area contributed by atoms with Crippen molar-refractivity contribution in [3.63, 3.8) is 0 Å². The maximum Gasteiger partial charge on any atom is 0.337 e. The summed E-state index contributed by atoms with van der Waals surface area (Å²) >= 11 is 0. The highest BCUT2D eigenvalue weighted by Crippen LogP contribution is 2.34. The van der Waals surface area contributed by atoms with Gasteiger partial charge in [0, 0.05) is 23.1 Å². The standard InChI is InChI=1S/C8H12N5O4PS/c9-7-6-8(11-3-10-7)13(4-12-6)1-2-19(17)5-18(14,15)16/h3-4H,1-2,5H2,(H2,9,10,11)(H2,14,15,16). The molecule has 1 unspecified atom stereocenters. The number of hydrogen-bond acceptors (Lipinski definition) is 6. The Balaban J connectivity index is 2.09. The molecule has 0 aliphatic heterocycles. The van der Waals surface area contributed by atoms with Gasteiger partial charge in [-0.1, -0.05) is 0 Å². The quantitative estimate of drug-likeness (QED) is 0.614. The summed E-state index contributed by atoms with van der Waals surface area (Å²) in [6.45, 7) is 0.277. The summed E-state index contributed by atoms with van der Waals surface area (Å²) < 4.78 is 23.8. The molecule has 0 bridgehead atoms. The van der Waals surface area contributed by atoms with Crippen molar-refractivity contribution in [1.82, 2.24) is 19.5 Å². The molecule has 0 spiro atoms. The Hall–Kier alpha value is -1.35. The van der Waals surface area contributed by atoms with Gasteiger partial charge in [-0.05, 0) is 0 Å². The zero-order valence-electron chi connectivity index (χ0n) is 9.71. The third-order valence-corrected chi connectivity index (χ3v) is 5.44. The average molecular weight is 305 g/mol. The molecule has 104 valence electrons. The van der Waals surface area contributed by atoms with Crippen LogP contribution in [0.15, 0.2) is 12.7 Å². The number of imidazole rings is 1. The van der Waals surface area contributed by atoms with Crippen LogP contribution in [0.1, 0.15) is 0 Å². The molecular formula is C8H12N5O4PS. The first-order valence-corrected chi connectivity index (χ1v) is 8.46. The fraction of sp³-hybridized carbons (Fsp3) is 0.375. The zero-order chi connectivity index (χ0) is 14.0. The van der Waals surface area contributed by atoms with E-state index < -0.39 is 23.9 Å². The van der Waals surface area contributed by atoms with Crippen LogP contribution in [-0.4, -0.2) is 44.8 Å². The Bertz CT molecular complexity index is 668. The first-order chi connectivity index (χ1) is 8.87. The molecule has 0 saturated heterocycles. The molecule has 2 rings (SSSR count). The smallest absolute Gasteiger partial charge is 0.337 e. The summed E-state index contributed by atoms with van der Waals surface area (Å²) in [5, 5.41) is 0. The van der Waals surface area contributed by atoms with Gasteiger partial charge in [0.15, 0.2) is 11.5 Å². The van der Waals surface area contributed by atoms with E-state index in [-0.39, 0.29) is 18.1 Å². The summed E-state index contributed by atoms with van der Waals surface area (Å²) in [7, 11) is -5.86. The third-order valence-electron chi connectivity index (χ3n) is 2.30. The zero-order valence-corrected chi connectivity index (χ0v) is 11.4. The summed E-state index contributed by atoms with van der Waals surface area (Å²) in [5.41, 5.74) is 5.92. The Morgan fingerprint density at radius 1 is 1.37 bits per heavy atom. The van der Waals surface area contributed by atoms with Crippen molar-refractivity contribution in [2.75, 3.05) is 17.0 Å². The second-order valence-electron chi connectivity index (χ2n) is 3.81. The topological polar surface area (TPSA) is 144 Å². The molecule has 9 nitrogen and oxygen atoms in total. The first kappa shape index (κ1) is 14.1. The SMILES string of the molecule is Nc1ncnc2c1ncn2CCS(=O)CP(=O)(O)O. The van der Waals surface area contributed by atoms with Crippen LogP contribution in [0.2, 0.25) is 0 Å². The van der Waals surface area contributed by atoms with Gasteiger partial charge in [-0.3, -0.25) is 8.77 Å². The average Bonchev–Trinajstić information content (AvgIpc) is 2.69. The van der Waals surface area contributed by atoms with E-state index in [4.69, 9.17) is 15.5 Å². The second kappa shape index (κ2) is 5.33. The van der Waals surface area contributed by atoms with E-state index in [1.165, 1.54) is 12.7 Å². The lowest BCUT2D eigenvalue weighted by atomic mass is 10.5. The highest BCUT2D eigenvalue weighted by atomic mass is 32.2. The van der Waals surface area contributed by atoms with E-state index in [1.807, 2.05) is 0 Å². The van der Waals surface area contributed by atoms with Gasteiger partial charge in [-0.2, -0.15) is 0 Å².